The largest absolute Gasteiger partial charge is 0.464 e. The normalized spacial score (nSPS) is 10.3. The second-order valence-electron chi connectivity index (χ2n) is 4.23. The molecule has 0 atom stereocenters. The number of ether oxygens (including phenoxy) is 1. The number of nitrogens with zero attached hydrogens (tertiary/aromatic N) is 2. The highest BCUT2D eigenvalue weighted by Gasteiger charge is 2.16. The van der Waals surface area contributed by atoms with E-state index in [0.717, 1.165) is 10.7 Å². The second kappa shape index (κ2) is 6.72. The minimum Gasteiger partial charge on any atom is -0.464 e. The van der Waals surface area contributed by atoms with Gasteiger partial charge in [-0.3, -0.25) is 9.59 Å². The number of rotatable bonds is 4. The van der Waals surface area contributed by atoms with Crippen LogP contribution in [0.2, 0.25) is 10.0 Å². The van der Waals surface area contributed by atoms with Gasteiger partial charge >= 0.3 is 5.97 Å². The molecule has 6 nitrogen and oxygen atoms in total. The lowest BCUT2D eigenvalue weighted by Gasteiger charge is -2.07. The first-order valence-corrected chi connectivity index (χ1v) is 6.83. The summed E-state index contributed by atoms with van der Waals surface area (Å²) in [6.07, 6.45) is 0. The molecule has 0 aliphatic rings. The van der Waals surface area contributed by atoms with E-state index in [1.165, 1.54) is 19.2 Å². The zero-order valence-corrected chi connectivity index (χ0v) is 12.9. The van der Waals surface area contributed by atoms with Gasteiger partial charge in [0.05, 0.1) is 17.2 Å². The maximum atomic E-state index is 12.2. The fourth-order valence-electron chi connectivity index (χ4n) is 1.72. The molecule has 1 heterocycles. The monoisotopic (exact) mass is 340 g/mol. The summed E-state index contributed by atoms with van der Waals surface area (Å²) in [5, 5.41) is 4.13. The van der Waals surface area contributed by atoms with E-state index < -0.39 is 17.3 Å². The van der Waals surface area contributed by atoms with Crippen molar-refractivity contribution < 1.29 is 14.3 Å². The summed E-state index contributed by atoms with van der Waals surface area (Å²) in [7, 11) is 1.19. The number of Topliss-reactive ketones (excluding diaryl/α,β-unsaturated/α-hetero) is 1. The molecular formula is C14H10Cl2N2O4. The van der Waals surface area contributed by atoms with Crippen molar-refractivity contribution in [1.82, 2.24) is 9.78 Å². The van der Waals surface area contributed by atoms with Gasteiger partial charge in [0.1, 0.15) is 6.54 Å². The van der Waals surface area contributed by atoms with Crippen LogP contribution in [0.25, 0.3) is 0 Å². The molecule has 22 heavy (non-hydrogen) atoms. The Kier molecular flexibility index (Phi) is 4.95. The lowest BCUT2D eigenvalue weighted by Crippen LogP contribution is -2.28. The van der Waals surface area contributed by atoms with Crippen molar-refractivity contribution >= 4 is 35.0 Å². The molecule has 0 aliphatic carbocycles. The predicted molar refractivity (Wildman–Crippen MR) is 80.6 cm³/mol. The molecule has 0 saturated heterocycles. The van der Waals surface area contributed by atoms with Crippen LogP contribution in [0.4, 0.5) is 0 Å². The van der Waals surface area contributed by atoms with E-state index in [1.54, 1.807) is 12.1 Å². The summed E-state index contributed by atoms with van der Waals surface area (Å²) >= 11 is 11.8. The van der Waals surface area contributed by atoms with E-state index in [4.69, 9.17) is 23.2 Å². The molecule has 0 N–H and O–H groups in total. The molecule has 0 bridgehead atoms. The zero-order chi connectivity index (χ0) is 16.3. The van der Waals surface area contributed by atoms with Crippen molar-refractivity contribution in [3.8, 4) is 0 Å². The van der Waals surface area contributed by atoms with Crippen LogP contribution in [0, 0.1) is 0 Å². The van der Waals surface area contributed by atoms with Gasteiger partial charge in [-0.05, 0) is 18.2 Å². The molecule has 0 saturated carbocycles. The molecule has 2 aromatic rings. The number of carbonyl (C=O) groups excluding carboxylic acids is 2. The summed E-state index contributed by atoms with van der Waals surface area (Å²) in [5.74, 6) is -1.16. The van der Waals surface area contributed by atoms with Crippen molar-refractivity contribution in [2.75, 3.05) is 7.11 Å². The third-order valence-electron chi connectivity index (χ3n) is 2.81. The van der Waals surface area contributed by atoms with Crippen LogP contribution in [0.1, 0.15) is 20.8 Å². The van der Waals surface area contributed by atoms with E-state index >= 15 is 0 Å². The highest BCUT2D eigenvalue weighted by atomic mass is 35.5. The van der Waals surface area contributed by atoms with Crippen LogP contribution in [-0.2, 0) is 11.3 Å². The summed E-state index contributed by atoms with van der Waals surface area (Å²) in [4.78, 5) is 35.4. The van der Waals surface area contributed by atoms with Gasteiger partial charge in [-0.1, -0.05) is 29.3 Å². The van der Waals surface area contributed by atoms with Gasteiger partial charge in [0, 0.05) is 11.6 Å². The van der Waals surface area contributed by atoms with E-state index in [0.29, 0.717) is 0 Å². The average Bonchev–Trinajstić information content (AvgIpc) is 2.51. The molecule has 0 aliphatic heterocycles. The summed E-state index contributed by atoms with van der Waals surface area (Å²) in [6, 6.07) is 6.96. The maximum Gasteiger partial charge on any atom is 0.358 e. The smallest absolute Gasteiger partial charge is 0.358 e. The highest BCUT2D eigenvalue weighted by Crippen LogP contribution is 2.25. The third-order valence-corrected chi connectivity index (χ3v) is 3.63. The zero-order valence-electron chi connectivity index (χ0n) is 11.4. The van der Waals surface area contributed by atoms with Gasteiger partial charge < -0.3 is 4.74 Å². The summed E-state index contributed by atoms with van der Waals surface area (Å²) < 4.78 is 5.38. The third kappa shape index (κ3) is 3.35. The number of methoxy groups -OCH3 is 1. The lowest BCUT2D eigenvalue weighted by molar-refractivity contribution is 0.0589. The Labute approximate surface area is 135 Å². The van der Waals surface area contributed by atoms with Gasteiger partial charge in [-0.2, -0.15) is 5.10 Å². The molecule has 2 rings (SSSR count). The number of esters is 1. The van der Waals surface area contributed by atoms with Crippen molar-refractivity contribution in [3.05, 3.63) is 62.0 Å². The summed E-state index contributed by atoms with van der Waals surface area (Å²) in [6.45, 7) is -0.371. The minimum atomic E-state index is -0.706. The summed E-state index contributed by atoms with van der Waals surface area (Å²) in [5.41, 5.74) is -0.433. The number of halogens is 2. The number of hydrogen-bond acceptors (Lipinski definition) is 5. The van der Waals surface area contributed by atoms with Crippen molar-refractivity contribution in [1.29, 1.82) is 0 Å². The first kappa shape index (κ1) is 16.2. The Bertz CT molecular complexity index is 802. The van der Waals surface area contributed by atoms with Crippen LogP contribution >= 0.6 is 23.2 Å². The van der Waals surface area contributed by atoms with E-state index in [9.17, 15) is 14.4 Å². The van der Waals surface area contributed by atoms with Crippen LogP contribution < -0.4 is 5.56 Å². The van der Waals surface area contributed by atoms with Gasteiger partial charge in [0.25, 0.3) is 5.56 Å². The number of aromatic nitrogens is 2. The quantitative estimate of drug-likeness (QED) is 0.629. The van der Waals surface area contributed by atoms with Crippen LogP contribution in [0.15, 0.2) is 35.1 Å². The maximum absolute atomic E-state index is 12.2. The molecular weight excluding hydrogens is 331 g/mol. The topological polar surface area (TPSA) is 78.3 Å². The minimum absolute atomic E-state index is 0.0768. The molecule has 0 amide bonds. The SMILES string of the molecule is COC(=O)c1ccc(=O)n(CC(=O)c2cccc(Cl)c2Cl)n1. The van der Waals surface area contributed by atoms with Gasteiger partial charge in [0.2, 0.25) is 0 Å². The standard InChI is InChI=1S/C14H10Cl2N2O4/c1-22-14(21)10-5-6-12(20)18(17-10)7-11(19)8-3-2-4-9(15)13(8)16/h2-6H,7H2,1H3. The van der Waals surface area contributed by atoms with Crippen molar-refractivity contribution in [3.63, 3.8) is 0 Å². The Morgan fingerprint density at radius 1 is 1.23 bits per heavy atom. The number of carbonyl (C=O) groups is 2. The molecule has 0 fully saturated rings. The first-order valence-electron chi connectivity index (χ1n) is 6.07. The molecule has 114 valence electrons. The Morgan fingerprint density at radius 2 is 1.95 bits per heavy atom. The van der Waals surface area contributed by atoms with Crippen LogP contribution in [-0.4, -0.2) is 28.6 Å². The molecule has 1 aromatic heterocycles. The molecule has 0 unspecified atom stereocenters. The molecule has 0 spiro atoms. The van der Waals surface area contributed by atoms with Crippen LogP contribution in [0.3, 0.4) is 0 Å². The fourth-order valence-corrected chi connectivity index (χ4v) is 2.12. The molecule has 1 aromatic carbocycles. The highest BCUT2D eigenvalue weighted by molar-refractivity contribution is 6.43. The Balaban J connectivity index is 2.34. The predicted octanol–water partition coefficient (Wildman–Crippen LogP) is 2.22. The second-order valence-corrected chi connectivity index (χ2v) is 5.02. The lowest BCUT2D eigenvalue weighted by atomic mass is 10.1. The van der Waals surface area contributed by atoms with E-state index in [2.05, 4.69) is 9.84 Å². The van der Waals surface area contributed by atoms with E-state index in [-0.39, 0.29) is 27.8 Å². The van der Waals surface area contributed by atoms with Crippen molar-refractivity contribution in [2.24, 2.45) is 0 Å². The van der Waals surface area contributed by atoms with Gasteiger partial charge in [0.15, 0.2) is 11.5 Å². The van der Waals surface area contributed by atoms with E-state index in [1.807, 2.05) is 0 Å². The number of benzene rings is 1. The van der Waals surface area contributed by atoms with Gasteiger partial charge in [-0.15, -0.1) is 0 Å². The first-order chi connectivity index (χ1) is 10.4. The average molecular weight is 341 g/mol. The molecule has 8 heteroatoms. The number of hydrogen-bond donors (Lipinski definition) is 0. The Hall–Kier alpha value is -2.18. The van der Waals surface area contributed by atoms with Crippen molar-refractivity contribution in [2.45, 2.75) is 6.54 Å². The fraction of sp³-hybridized carbons (Fsp3) is 0.143. The molecule has 0 radical (unpaired) electrons. The van der Waals surface area contributed by atoms with Crippen LogP contribution in [0.5, 0.6) is 0 Å². The van der Waals surface area contributed by atoms with Gasteiger partial charge in [-0.25, -0.2) is 9.48 Å². The number of ketones is 1. The Morgan fingerprint density at radius 3 is 2.64 bits per heavy atom.